The van der Waals surface area contributed by atoms with E-state index in [4.69, 9.17) is 9.84 Å². The summed E-state index contributed by atoms with van der Waals surface area (Å²) in [6.07, 6.45) is -1.72. The predicted octanol–water partition coefficient (Wildman–Crippen LogP) is -1.05. The molecule has 1 heterocycles. The van der Waals surface area contributed by atoms with Gasteiger partial charge in [0.2, 0.25) is 0 Å². The van der Waals surface area contributed by atoms with Crippen molar-refractivity contribution in [2.24, 2.45) is 0 Å². The van der Waals surface area contributed by atoms with Gasteiger partial charge < -0.3 is 20.3 Å². The van der Waals surface area contributed by atoms with Gasteiger partial charge in [-0.1, -0.05) is 0 Å². The van der Waals surface area contributed by atoms with Gasteiger partial charge in [-0.3, -0.25) is 4.90 Å². The van der Waals surface area contributed by atoms with Crippen LogP contribution < -0.4 is 5.32 Å². The molecule has 0 aliphatic carbocycles. The lowest BCUT2D eigenvalue weighted by molar-refractivity contribution is 0.133. The lowest BCUT2D eigenvalue weighted by atomic mass is 10.2. The Hall–Kier alpha value is -0.850. The van der Waals surface area contributed by atoms with Gasteiger partial charge in [0.25, 0.3) is 0 Å². The van der Waals surface area contributed by atoms with Gasteiger partial charge in [-0.25, -0.2) is 4.79 Å². The van der Waals surface area contributed by atoms with Crippen molar-refractivity contribution in [2.75, 3.05) is 33.4 Å². The van der Waals surface area contributed by atoms with Crippen molar-refractivity contribution in [1.82, 2.24) is 10.2 Å². The van der Waals surface area contributed by atoms with E-state index in [1.54, 1.807) is 7.11 Å². The Bertz CT molecular complexity index is 200. The Morgan fingerprint density at radius 3 is 2.93 bits per heavy atom. The second-order valence-corrected chi connectivity index (χ2v) is 3.38. The molecule has 0 spiro atoms. The Balaban J connectivity index is 2.31. The first-order valence-corrected chi connectivity index (χ1v) is 4.52. The highest BCUT2D eigenvalue weighted by Crippen LogP contribution is 2.09. The number of carboxylic acid groups (broad SMARTS) is 1. The second-order valence-electron chi connectivity index (χ2n) is 3.38. The van der Waals surface area contributed by atoms with Crippen LogP contribution in [-0.4, -0.2) is 66.7 Å². The van der Waals surface area contributed by atoms with E-state index in [1.165, 1.54) is 0 Å². The molecule has 1 aliphatic heterocycles. The van der Waals surface area contributed by atoms with Gasteiger partial charge in [0.05, 0.1) is 18.8 Å². The van der Waals surface area contributed by atoms with Gasteiger partial charge in [0.1, 0.15) is 0 Å². The number of aliphatic hydroxyl groups is 1. The van der Waals surface area contributed by atoms with Crippen LogP contribution in [0, 0.1) is 0 Å². The Kier molecular flexibility index (Phi) is 4.12. The number of methoxy groups -OCH3 is 1. The summed E-state index contributed by atoms with van der Waals surface area (Å²) in [4.78, 5) is 12.3. The lowest BCUT2D eigenvalue weighted by Gasteiger charge is -2.14. The number of amides is 1. The fourth-order valence-electron chi connectivity index (χ4n) is 1.57. The molecule has 6 heteroatoms. The molecule has 0 unspecified atom stereocenters. The highest BCUT2D eigenvalue weighted by molar-refractivity contribution is 5.65. The van der Waals surface area contributed by atoms with Gasteiger partial charge in [-0.2, -0.15) is 0 Å². The van der Waals surface area contributed by atoms with Gasteiger partial charge in [-0.15, -0.1) is 0 Å². The molecule has 2 atom stereocenters. The summed E-state index contributed by atoms with van der Waals surface area (Å²) < 4.78 is 4.90. The number of carbonyl (C=O) groups is 1. The lowest BCUT2D eigenvalue weighted by Crippen LogP contribution is -2.42. The number of nitrogens with one attached hydrogen (secondary N) is 1. The summed E-state index contributed by atoms with van der Waals surface area (Å²) in [6, 6.07) is -0.385. The first-order chi connectivity index (χ1) is 6.63. The van der Waals surface area contributed by atoms with Crippen LogP contribution in [0.1, 0.15) is 0 Å². The topological polar surface area (TPSA) is 82.0 Å². The minimum absolute atomic E-state index is 0.385. The number of rotatable bonds is 4. The summed E-state index contributed by atoms with van der Waals surface area (Å²) in [7, 11) is 1.61. The van der Waals surface area contributed by atoms with Crippen LogP contribution in [0.2, 0.25) is 0 Å². The third kappa shape index (κ3) is 3.13. The number of ether oxygens (including phenoxy) is 1. The smallest absolute Gasteiger partial charge is 0.405 e. The van der Waals surface area contributed by atoms with Crippen LogP contribution in [0.15, 0.2) is 0 Å². The van der Waals surface area contributed by atoms with E-state index in [0.29, 0.717) is 26.2 Å². The Morgan fingerprint density at radius 1 is 1.64 bits per heavy atom. The third-order valence-electron chi connectivity index (χ3n) is 2.29. The zero-order valence-electron chi connectivity index (χ0n) is 8.14. The molecule has 1 saturated heterocycles. The van der Waals surface area contributed by atoms with Crippen molar-refractivity contribution in [3.8, 4) is 0 Å². The molecular weight excluding hydrogens is 188 g/mol. The molecule has 0 saturated carbocycles. The second kappa shape index (κ2) is 5.14. The van der Waals surface area contributed by atoms with E-state index in [-0.39, 0.29) is 6.04 Å². The summed E-state index contributed by atoms with van der Waals surface area (Å²) in [5.74, 6) is 0. The predicted molar refractivity (Wildman–Crippen MR) is 49.3 cm³/mol. The zero-order valence-corrected chi connectivity index (χ0v) is 8.14. The van der Waals surface area contributed by atoms with Crippen LogP contribution in [0.3, 0.4) is 0 Å². The van der Waals surface area contributed by atoms with Crippen molar-refractivity contribution >= 4 is 6.09 Å². The fourth-order valence-corrected chi connectivity index (χ4v) is 1.57. The quantitative estimate of drug-likeness (QED) is 0.544. The highest BCUT2D eigenvalue weighted by atomic mass is 16.5. The molecule has 3 N–H and O–H groups in total. The molecule has 1 amide bonds. The van der Waals surface area contributed by atoms with E-state index in [0.717, 1.165) is 0 Å². The molecule has 6 nitrogen and oxygen atoms in total. The van der Waals surface area contributed by atoms with Crippen molar-refractivity contribution in [2.45, 2.75) is 12.1 Å². The third-order valence-corrected chi connectivity index (χ3v) is 2.29. The summed E-state index contributed by atoms with van der Waals surface area (Å²) >= 11 is 0. The van der Waals surface area contributed by atoms with E-state index in [2.05, 4.69) is 5.32 Å². The molecular formula is C8H16N2O4. The average Bonchev–Trinajstić information content (AvgIpc) is 2.43. The fraction of sp³-hybridized carbons (Fsp3) is 0.875. The number of hydrogen-bond donors (Lipinski definition) is 3. The number of nitrogens with zero attached hydrogens (tertiary/aromatic N) is 1. The Morgan fingerprint density at radius 2 is 2.36 bits per heavy atom. The van der Waals surface area contributed by atoms with E-state index >= 15 is 0 Å². The number of likely N-dealkylation sites (tertiary alicyclic amines) is 1. The maximum absolute atomic E-state index is 10.4. The SMILES string of the molecule is COCCN1C[C@H](O)[C@H](NC(=O)O)C1. The van der Waals surface area contributed by atoms with Crippen LogP contribution in [-0.2, 0) is 4.74 Å². The largest absolute Gasteiger partial charge is 0.465 e. The van der Waals surface area contributed by atoms with Crippen molar-refractivity contribution < 1.29 is 19.7 Å². The molecule has 1 aliphatic rings. The van der Waals surface area contributed by atoms with Gasteiger partial charge in [0.15, 0.2) is 0 Å². The zero-order chi connectivity index (χ0) is 10.6. The number of aliphatic hydroxyl groups excluding tert-OH is 1. The van der Waals surface area contributed by atoms with E-state index < -0.39 is 12.2 Å². The maximum Gasteiger partial charge on any atom is 0.405 e. The number of β-amino-alcohol motifs (C(OH)–C–C–N with tert-alkyl or cyclic N) is 1. The molecule has 14 heavy (non-hydrogen) atoms. The van der Waals surface area contributed by atoms with Crippen molar-refractivity contribution in [3.63, 3.8) is 0 Å². The van der Waals surface area contributed by atoms with E-state index in [9.17, 15) is 9.90 Å². The standard InChI is InChI=1S/C8H16N2O4/c1-14-3-2-10-4-6(7(11)5-10)9-8(12)13/h6-7,9,11H,2-5H2,1H3,(H,12,13)/t6-,7+/m1/s1. The summed E-state index contributed by atoms with van der Waals surface area (Å²) in [6.45, 7) is 2.34. The van der Waals surface area contributed by atoms with Gasteiger partial charge in [0, 0.05) is 26.7 Å². The summed E-state index contributed by atoms with van der Waals surface area (Å²) in [5.41, 5.74) is 0. The average molecular weight is 204 g/mol. The van der Waals surface area contributed by atoms with Gasteiger partial charge >= 0.3 is 6.09 Å². The molecule has 1 rings (SSSR count). The normalized spacial score (nSPS) is 27.9. The van der Waals surface area contributed by atoms with Crippen molar-refractivity contribution in [1.29, 1.82) is 0 Å². The molecule has 82 valence electrons. The molecule has 0 bridgehead atoms. The minimum atomic E-state index is -1.09. The van der Waals surface area contributed by atoms with E-state index in [1.807, 2.05) is 4.90 Å². The van der Waals surface area contributed by atoms with Gasteiger partial charge in [-0.05, 0) is 0 Å². The number of hydrogen-bond acceptors (Lipinski definition) is 4. The molecule has 0 radical (unpaired) electrons. The van der Waals surface area contributed by atoms with Crippen LogP contribution >= 0.6 is 0 Å². The Labute approximate surface area is 82.5 Å². The van der Waals surface area contributed by atoms with Crippen molar-refractivity contribution in [3.05, 3.63) is 0 Å². The molecule has 0 aromatic rings. The molecule has 0 aromatic heterocycles. The maximum atomic E-state index is 10.4. The highest BCUT2D eigenvalue weighted by Gasteiger charge is 2.31. The van der Waals surface area contributed by atoms with Crippen LogP contribution in [0.5, 0.6) is 0 Å². The first kappa shape index (κ1) is 11.2. The minimum Gasteiger partial charge on any atom is -0.465 e. The summed E-state index contributed by atoms with van der Waals surface area (Å²) in [5, 5.41) is 20.3. The monoisotopic (exact) mass is 204 g/mol. The first-order valence-electron chi connectivity index (χ1n) is 4.52. The van der Waals surface area contributed by atoms with Crippen LogP contribution in [0.25, 0.3) is 0 Å². The molecule has 0 aromatic carbocycles. The van der Waals surface area contributed by atoms with Crippen LogP contribution in [0.4, 0.5) is 4.79 Å². The molecule has 1 fully saturated rings.